The lowest BCUT2D eigenvalue weighted by molar-refractivity contribution is 0.0853. The van der Waals surface area contributed by atoms with E-state index in [0.29, 0.717) is 23.6 Å². The Labute approximate surface area is 160 Å². The first kappa shape index (κ1) is 17.2. The smallest absolute Gasteiger partial charge is 0.291 e. The van der Waals surface area contributed by atoms with Crippen molar-refractivity contribution in [2.75, 3.05) is 5.75 Å². The van der Waals surface area contributed by atoms with Crippen molar-refractivity contribution in [1.82, 2.24) is 10.5 Å². The Hall–Kier alpha value is -0.970. The fraction of sp³-hybridized carbons (Fsp3) is 0.810. The summed E-state index contributed by atoms with van der Waals surface area (Å²) in [6.07, 6.45) is 12.1. The number of aryl methyl sites for hydroxylation is 1. The molecule has 5 aliphatic rings. The summed E-state index contributed by atoms with van der Waals surface area (Å²) in [4.78, 5) is 14.0. The van der Waals surface area contributed by atoms with Crippen molar-refractivity contribution in [3.63, 3.8) is 0 Å². The summed E-state index contributed by atoms with van der Waals surface area (Å²) in [6, 6.07) is 0.368. The molecule has 1 N–H and O–H groups in total. The van der Waals surface area contributed by atoms with Crippen molar-refractivity contribution in [3.8, 4) is 0 Å². The Bertz CT molecular complexity index is 678. The van der Waals surface area contributed by atoms with Gasteiger partial charge in [0.2, 0.25) is 5.76 Å². The van der Waals surface area contributed by atoms with Crippen LogP contribution in [0, 0.1) is 36.5 Å². The Morgan fingerprint density at radius 3 is 2.77 bits per heavy atom. The van der Waals surface area contributed by atoms with Crippen molar-refractivity contribution in [3.05, 3.63) is 11.5 Å². The Balaban J connectivity index is 1.25. The summed E-state index contributed by atoms with van der Waals surface area (Å²) in [5.41, 5.74) is 0.866. The van der Waals surface area contributed by atoms with E-state index in [0.717, 1.165) is 34.1 Å². The van der Waals surface area contributed by atoms with Gasteiger partial charge in [-0.3, -0.25) is 4.79 Å². The second-order valence-corrected chi connectivity index (χ2v) is 10.3. The predicted molar refractivity (Wildman–Crippen MR) is 102 cm³/mol. The molecular formula is C21H30N2O2S. The van der Waals surface area contributed by atoms with Gasteiger partial charge in [0, 0.05) is 11.8 Å². The zero-order chi connectivity index (χ0) is 17.7. The van der Waals surface area contributed by atoms with Crippen molar-refractivity contribution in [2.24, 2.45) is 29.6 Å². The number of carbonyl (C=O) groups excluding carboxylic acids is 1. The van der Waals surface area contributed by atoms with Crippen LogP contribution in [0.1, 0.15) is 74.0 Å². The van der Waals surface area contributed by atoms with Gasteiger partial charge in [0.25, 0.3) is 5.91 Å². The highest BCUT2D eigenvalue weighted by Gasteiger charge is 2.54. The van der Waals surface area contributed by atoms with Crippen molar-refractivity contribution >= 4 is 17.7 Å². The average Bonchev–Trinajstić information content (AvgIpc) is 3.24. The third-order valence-electron chi connectivity index (χ3n) is 7.56. The monoisotopic (exact) mass is 374 g/mol. The van der Waals surface area contributed by atoms with Crippen LogP contribution >= 0.6 is 11.8 Å². The van der Waals surface area contributed by atoms with E-state index in [1.165, 1.54) is 57.8 Å². The number of aromatic nitrogens is 1. The number of hydrogen-bond donors (Lipinski definition) is 1. The van der Waals surface area contributed by atoms with Crippen LogP contribution in [0.2, 0.25) is 0 Å². The fourth-order valence-corrected chi connectivity index (χ4v) is 7.65. The van der Waals surface area contributed by atoms with Gasteiger partial charge in [-0.1, -0.05) is 24.4 Å². The molecule has 5 aliphatic carbocycles. The van der Waals surface area contributed by atoms with E-state index >= 15 is 0 Å². The quantitative estimate of drug-likeness (QED) is 0.751. The fourth-order valence-electron chi connectivity index (χ4n) is 6.41. The largest absolute Gasteiger partial charge is 0.350 e. The number of rotatable bonds is 5. The third kappa shape index (κ3) is 3.00. The van der Waals surface area contributed by atoms with Gasteiger partial charge in [0.15, 0.2) is 0 Å². The minimum atomic E-state index is -0.0299. The van der Waals surface area contributed by atoms with Gasteiger partial charge in [-0.15, -0.1) is 11.8 Å². The lowest BCUT2D eigenvalue weighted by atomic mass is 9.79. The second kappa shape index (κ2) is 6.88. The SMILES string of the molecule is Cc1noc(C(=O)NC2C3CC4CC(C3)C2C4)c1SCC1CCCCC1. The lowest BCUT2D eigenvalue weighted by Gasteiger charge is -2.32. The molecule has 1 heterocycles. The van der Waals surface area contributed by atoms with Gasteiger partial charge < -0.3 is 9.84 Å². The molecule has 4 nitrogen and oxygen atoms in total. The molecule has 26 heavy (non-hydrogen) atoms. The summed E-state index contributed by atoms with van der Waals surface area (Å²) < 4.78 is 5.48. The maximum atomic E-state index is 13.0. The number of nitrogens with zero attached hydrogens (tertiary/aromatic N) is 1. The molecule has 5 atom stereocenters. The number of amides is 1. The molecule has 4 bridgehead atoms. The molecule has 1 aromatic heterocycles. The molecule has 0 saturated heterocycles. The molecule has 0 aliphatic heterocycles. The molecule has 5 unspecified atom stereocenters. The first-order chi connectivity index (χ1) is 12.7. The van der Waals surface area contributed by atoms with Crippen LogP contribution in [0.3, 0.4) is 0 Å². The van der Waals surface area contributed by atoms with E-state index in [-0.39, 0.29) is 5.91 Å². The first-order valence-corrected chi connectivity index (χ1v) is 11.6. The molecule has 0 radical (unpaired) electrons. The molecule has 142 valence electrons. The molecule has 5 heteroatoms. The lowest BCUT2D eigenvalue weighted by Crippen LogP contribution is -2.44. The van der Waals surface area contributed by atoms with Crippen LogP contribution < -0.4 is 5.32 Å². The van der Waals surface area contributed by atoms with E-state index < -0.39 is 0 Å². The van der Waals surface area contributed by atoms with Crippen molar-refractivity contribution < 1.29 is 9.32 Å². The van der Waals surface area contributed by atoms with Crippen molar-refractivity contribution in [2.45, 2.75) is 75.6 Å². The molecule has 5 fully saturated rings. The molecule has 1 amide bonds. The zero-order valence-corrected chi connectivity index (χ0v) is 16.5. The number of hydrogen-bond acceptors (Lipinski definition) is 4. The molecule has 0 aromatic carbocycles. The summed E-state index contributed by atoms with van der Waals surface area (Å²) >= 11 is 1.79. The minimum absolute atomic E-state index is 0.0299. The van der Waals surface area contributed by atoms with E-state index in [9.17, 15) is 4.79 Å². The maximum absolute atomic E-state index is 13.0. The van der Waals surface area contributed by atoms with Crippen LogP contribution in [0.5, 0.6) is 0 Å². The van der Waals surface area contributed by atoms with E-state index in [4.69, 9.17) is 4.52 Å². The Morgan fingerprint density at radius 1 is 1.15 bits per heavy atom. The van der Waals surface area contributed by atoms with E-state index in [1.54, 1.807) is 11.8 Å². The summed E-state index contributed by atoms with van der Waals surface area (Å²) in [5, 5.41) is 7.47. The normalized spacial score (nSPS) is 36.0. The standard InChI is InChI=1S/C21H30N2O2S/c1-12-20(26-11-13-5-3-2-4-6-13)19(25-23-12)21(24)22-18-16-8-14-7-15(10-16)17(18)9-14/h13-18H,2-11H2,1H3,(H,22,24). The summed E-state index contributed by atoms with van der Waals surface area (Å²) in [6.45, 7) is 1.96. The number of nitrogens with one attached hydrogen (secondary N) is 1. The topological polar surface area (TPSA) is 55.1 Å². The summed E-state index contributed by atoms with van der Waals surface area (Å²) in [7, 11) is 0. The zero-order valence-electron chi connectivity index (χ0n) is 15.7. The molecule has 6 rings (SSSR count). The highest BCUT2D eigenvalue weighted by Crippen LogP contribution is 2.58. The maximum Gasteiger partial charge on any atom is 0.291 e. The predicted octanol–water partition coefficient (Wildman–Crippen LogP) is 4.82. The van der Waals surface area contributed by atoms with Gasteiger partial charge in [-0.2, -0.15) is 0 Å². The van der Waals surface area contributed by atoms with Crippen LogP contribution in [0.15, 0.2) is 9.42 Å². The van der Waals surface area contributed by atoms with Crippen LogP contribution in [-0.4, -0.2) is 22.9 Å². The molecular weight excluding hydrogens is 344 g/mol. The van der Waals surface area contributed by atoms with Gasteiger partial charge in [0.1, 0.15) is 0 Å². The molecule has 1 aromatic rings. The van der Waals surface area contributed by atoms with Gasteiger partial charge in [-0.25, -0.2) is 0 Å². The van der Waals surface area contributed by atoms with Gasteiger partial charge in [0.05, 0.1) is 10.6 Å². The van der Waals surface area contributed by atoms with Gasteiger partial charge in [-0.05, 0) is 75.0 Å². The molecule has 5 saturated carbocycles. The minimum Gasteiger partial charge on any atom is -0.350 e. The average molecular weight is 375 g/mol. The van der Waals surface area contributed by atoms with E-state index in [1.807, 2.05) is 6.92 Å². The highest BCUT2D eigenvalue weighted by atomic mass is 32.2. The highest BCUT2D eigenvalue weighted by molar-refractivity contribution is 7.99. The van der Waals surface area contributed by atoms with Crippen molar-refractivity contribution in [1.29, 1.82) is 0 Å². The van der Waals surface area contributed by atoms with Crippen LogP contribution in [0.25, 0.3) is 0 Å². The first-order valence-electron chi connectivity index (χ1n) is 10.6. The number of thioether (sulfide) groups is 1. The van der Waals surface area contributed by atoms with Gasteiger partial charge >= 0.3 is 0 Å². The third-order valence-corrected chi connectivity index (χ3v) is 8.97. The van der Waals surface area contributed by atoms with Crippen LogP contribution in [-0.2, 0) is 0 Å². The molecule has 0 spiro atoms. The number of carbonyl (C=O) groups is 1. The Kier molecular flexibility index (Phi) is 4.54. The second-order valence-electron chi connectivity index (χ2n) is 9.23. The Morgan fingerprint density at radius 2 is 1.96 bits per heavy atom. The van der Waals surface area contributed by atoms with E-state index in [2.05, 4.69) is 10.5 Å². The van der Waals surface area contributed by atoms with Crippen LogP contribution in [0.4, 0.5) is 0 Å². The summed E-state index contributed by atoms with van der Waals surface area (Å²) in [5.74, 6) is 5.50.